The summed E-state index contributed by atoms with van der Waals surface area (Å²) < 4.78 is 13.8. The Hall–Kier alpha value is -2.38. The Balaban J connectivity index is 2.01. The summed E-state index contributed by atoms with van der Waals surface area (Å²) in [4.78, 5) is 26.6. The van der Waals surface area contributed by atoms with Crippen molar-refractivity contribution in [2.75, 3.05) is 5.32 Å². The Kier molecular flexibility index (Phi) is 3.59. The lowest BCUT2D eigenvalue weighted by atomic mass is 10.2. The van der Waals surface area contributed by atoms with Crippen LogP contribution in [0.25, 0.3) is 10.2 Å². The molecule has 3 aromatic rings. The number of aromatic hydroxyl groups is 1. The van der Waals surface area contributed by atoms with E-state index in [0.29, 0.717) is 10.2 Å². The van der Waals surface area contributed by atoms with Crippen LogP contribution in [0.4, 0.5) is 10.1 Å². The summed E-state index contributed by atoms with van der Waals surface area (Å²) in [5.74, 6) is -1.94. The minimum Gasteiger partial charge on any atom is -0.505 e. The third kappa shape index (κ3) is 2.44. The predicted molar refractivity (Wildman–Crippen MR) is 83.5 cm³/mol. The number of halogens is 2. The van der Waals surface area contributed by atoms with Gasteiger partial charge >= 0.3 is 0 Å². The van der Waals surface area contributed by atoms with Gasteiger partial charge in [-0.05, 0) is 29.6 Å². The van der Waals surface area contributed by atoms with Gasteiger partial charge in [-0.1, -0.05) is 11.6 Å². The number of thiophene rings is 1. The zero-order valence-corrected chi connectivity index (χ0v) is 12.4. The first-order chi connectivity index (χ1) is 10.5. The molecule has 0 unspecified atom stereocenters. The Labute approximate surface area is 132 Å². The molecular weight excluding hydrogens is 331 g/mol. The molecule has 0 aliphatic heterocycles. The number of aromatic amines is 1. The molecule has 0 aliphatic carbocycles. The zero-order valence-electron chi connectivity index (χ0n) is 10.8. The van der Waals surface area contributed by atoms with E-state index in [2.05, 4.69) is 10.3 Å². The van der Waals surface area contributed by atoms with Crippen LogP contribution in [0.5, 0.6) is 5.75 Å². The highest BCUT2D eigenvalue weighted by Gasteiger charge is 2.20. The summed E-state index contributed by atoms with van der Waals surface area (Å²) in [6.07, 6.45) is 0. The van der Waals surface area contributed by atoms with Gasteiger partial charge in [-0.25, -0.2) is 4.39 Å². The maximum absolute atomic E-state index is 13.4. The first-order valence-corrected chi connectivity index (χ1v) is 7.32. The van der Waals surface area contributed by atoms with Gasteiger partial charge in [0.1, 0.15) is 11.4 Å². The van der Waals surface area contributed by atoms with Crippen LogP contribution in [0.1, 0.15) is 10.4 Å². The number of carbonyl (C=O) groups is 1. The second-order valence-electron chi connectivity index (χ2n) is 4.42. The van der Waals surface area contributed by atoms with Crippen molar-refractivity contribution in [3.8, 4) is 5.75 Å². The zero-order chi connectivity index (χ0) is 15.9. The molecule has 0 atom stereocenters. The smallest absolute Gasteiger partial charge is 0.265 e. The highest BCUT2D eigenvalue weighted by Crippen LogP contribution is 2.30. The average Bonchev–Trinajstić information content (AvgIpc) is 2.91. The molecule has 112 valence electrons. The number of anilines is 1. The number of fused-ring (bicyclic) bond motifs is 1. The number of carbonyl (C=O) groups excluding carboxylic acids is 1. The number of hydrogen-bond acceptors (Lipinski definition) is 4. The van der Waals surface area contributed by atoms with E-state index in [9.17, 15) is 19.1 Å². The van der Waals surface area contributed by atoms with Crippen LogP contribution in [-0.4, -0.2) is 16.0 Å². The average molecular weight is 339 g/mol. The first-order valence-electron chi connectivity index (χ1n) is 6.06. The van der Waals surface area contributed by atoms with E-state index in [1.165, 1.54) is 23.5 Å². The molecule has 3 N–H and O–H groups in total. The van der Waals surface area contributed by atoms with E-state index >= 15 is 0 Å². The van der Waals surface area contributed by atoms with Crippen LogP contribution < -0.4 is 10.9 Å². The quantitative estimate of drug-likeness (QED) is 0.670. The fourth-order valence-corrected chi connectivity index (χ4v) is 2.89. The molecule has 0 fully saturated rings. The molecule has 0 radical (unpaired) electrons. The summed E-state index contributed by atoms with van der Waals surface area (Å²) in [7, 11) is 0. The van der Waals surface area contributed by atoms with Crippen molar-refractivity contribution in [3.05, 3.63) is 56.4 Å². The van der Waals surface area contributed by atoms with Gasteiger partial charge < -0.3 is 15.4 Å². The highest BCUT2D eigenvalue weighted by atomic mass is 35.5. The number of nitrogens with one attached hydrogen (secondary N) is 2. The topological polar surface area (TPSA) is 82.2 Å². The number of aromatic nitrogens is 1. The molecule has 1 aromatic carbocycles. The van der Waals surface area contributed by atoms with E-state index in [1.807, 2.05) is 0 Å². The number of hydrogen-bond donors (Lipinski definition) is 3. The fourth-order valence-electron chi connectivity index (χ4n) is 1.98. The van der Waals surface area contributed by atoms with Crippen molar-refractivity contribution in [2.24, 2.45) is 0 Å². The largest absolute Gasteiger partial charge is 0.505 e. The molecular formula is C14H8ClFN2O3S. The van der Waals surface area contributed by atoms with Crippen LogP contribution in [-0.2, 0) is 0 Å². The molecule has 0 aliphatic rings. The van der Waals surface area contributed by atoms with Crippen molar-refractivity contribution in [3.63, 3.8) is 0 Å². The second-order valence-corrected chi connectivity index (χ2v) is 5.75. The van der Waals surface area contributed by atoms with Crippen LogP contribution in [0.2, 0.25) is 5.02 Å². The number of H-pyrrole nitrogens is 1. The van der Waals surface area contributed by atoms with Crippen LogP contribution in [0, 0.1) is 5.82 Å². The molecule has 0 bridgehead atoms. The molecule has 8 heteroatoms. The Morgan fingerprint density at radius 1 is 1.36 bits per heavy atom. The predicted octanol–water partition coefficient (Wildman–Crippen LogP) is 3.34. The van der Waals surface area contributed by atoms with Gasteiger partial charge in [-0.2, -0.15) is 0 Å². The molecule has 0 spiro atoms. The van der Waals surface area contributed by atoms with Crippen LogP contribution in [0.15, 0.2) is 34.4 Å². The lowest BCUT2D eigenvalue weighted by molar-refractivity contribution is 0.102. The summed E-state index contributed by atoms with van der Waals surface area (Å²) in [6.45, 7) is 0. The van der Waals surface area contributed by atoms with Gasteiger partial charge in [0.2, 0.25) is 0 Å². The van der Waals surface area contributed by atoms with Gasteiger partial charge in [0.15, 0.2) is 5.75 Å². The van der Waals surface area contributed by atoms with Gasteiger partial charge in [0.25, 0.3) is 11.5 Å². The molecule has 5 nitrogen and oxygen atoms in total. The third-order valence-corrected chi connectivity index (χ3v) is 4.22. The molecule has 0 saturated carbocycles. The van der Waals surface area contributed by atoms with Crippen molar-refractivity contribution < 1.29 is 14.3 Å². The van der Waals surface area contributed by atoms with Gasteiger partial charge in [0.05, 0.1) is 15.2 Å². The maximum atomic E-state index is 13.4. The Morgan fingerprint density at radius 2 is 2.14 bits per heavy atom. The third-order valence-electron chi connectivity index (χ3n) is 3.00. The van der Waals surface area contributed by atoms with Crippen molar-refractivity contribution in [1.82, 2.24) is 4.98 Å². The molecule has 2 aromatic heterocycles. The maximum Gasteiger partial charge on any atom is 0.265 e. The van der Waals surface area contributed by atoms with E-state index in [0.717, 1.165) is 6.07 Å². The van der Waals surface area contributed by atoms with E-state index in [1.54, 1.807) is 11.4 Å². The minimum atomic E-state index is -0.837. The summed E-state index contributed by atoms with van der Waals surface area (Å²) in [6, 6.07) is 5.31. The van der Waals surface area contributed by atoms with Crippen LogP contribution in [0.3, 0.4) is 0 Å². The molecule has 3 rings (SSSR count). The molecule has 1 amide bonds. The normalized spacial score (nSPS) is 10.8. The second kappa shape index (κ2) is 5.43. The Bertz CT molecular complexity index is 951. The number of amides is 1. The van der Waals surface area contributed by atoms with Crippen molar-refractivity contribution >= 4 is 44.7 Å². The minimum absolute atomic E-state index is 0.0845. The molecule has 0 saturated heterocycles. The monoisotopic (exact) mass is 338 g/mol. The van der Waals surface area contributed by atoms with E-state index in [-0.39, 0.29) is 10.7 Å². The summed E-state index contributed by atoms with van der Waals surface area (Å²) >= 11 is 6.74. The standard InChI is InChI=1S/C14H8ClFN2O3S/c15-7-2-1-6(5-8(7)16)17-13(20)10-11(19)12-9(3-4-22-12)18-14(10)21/h1-5H,(H,17,20)(H2,18,19,21). The van der Waals surface area contributed by atoms with Crippen molar-refractivity contribution in [1.29, 1.82) is 0 Å². The lowest BCUT2D eigenvalue weighted by Gasteiger charge is -2.07. The highest BCUT2D eigenvalue weighted by molar-refractivity contribution is 7.17. The fraction of sp³-hybridized carbons (Fsp3) is 0. The van der Waals surface area contributed by atoms with E-state index < -0.39 is 28.6 Å². The summed E-state index contributed by atoms with van der Waals surface area (Å²) in [5, 5.41) is 14.0. The number of benzene rings is 1. The van der Waals surface area contributed by atoms with E-state index in [4.69, 9.17) is 11.6 Å². The number of pyridine rings is 1. The molecule has 2 heterocycles. The Morgan fingerprint density at radius 3 is 2.86 bits per heavy atom. The number of rotatable bonds is 2. The lowest BCUT2D eigenvalue weighted by Crippen LogP contribution is -2.23. The van der Waals surface area contributed by atoms with Gasteiger partial charge in [-0.3, -0.25) is 9.59 Å². The van der Waals surface area contributed by atoms with Gasteiger partial charge in [-0.15, -0.1) is 11.3 Å². The van der Waals surface area contributed by atoms with Crippen molar-refractivity contribution in [2.45, 2.75) is 0 Å². The SMILES string of the molecule is O=C(Nc1ccc(Cl)c(F)c1)c1c(O)c2sccc2[nH]c1=O. The van der Waals surface area contributed by atoms with Crippen LogP contribution >= 0.6 is 22.9 Å². The van der Waals surface area contributed by atoms with Gasteiger partial charge in [0, 0.05) is 5.69 Å². The summed E-state index contributed by atoms with van der Waals surface area (Å²) in [5.41, 5.74) is -0.584. The molecule has 22 heavy (non-hydrogen) atoms. The first kappa shape index (κ1) is 14.6.